The summed E-state index contributed by atoms with van der Waals surface area (Å²) in [7, 11) is 3.15. The summed E-state index contributed by atoms with van der Waals surface area (Å²) in [5.74, 6) is -1.73. The van der Waals surface area contributed by atoms with Gasteiger partial charge in [0.05, 0.1) is 5.69 Å². The summed E-state index contributed by atoms with van der Waals surface area (Å²) in [5, 5.41) is 2.28. The number of alkyl halides is 1. The Labute approximate surface area is 103 Å². The molecule has 0 aliphatic heterocycles. The van der Waals surface area contributed by atoms with E-state index in [1.165, 1.54) is 17.0 Å². The Bertz CT molecular complexity index is 449. The van der Waals surface area contributed by atoms with Gasteiger partial charge in [-0.2, -0.15) is 0 Å². The molecule has 0 bridgehead atoms. The van der Waals surface area contributed by atoms with Crippen LogP contribution in [-0.2, 0) is 4.79 Å². The van der Waals surface area contributed by atoms with Crippen LogP contribution >= 0.6 is 11.6 Å². The summed E-state index contributed by atoms with van der Waals surface area (Å²) in [6, 6.07) is 3.85. The second-order valence-electron chi connectivity index (χ2n) is 3.58. The van der Waals surface area contributed by atoms with Gasteiger partial charge in [0.15, 0.2) is 0 Å². The van der Waals surface area contributed by atoms with Crippen molar-refractivity contribution in [1.29, 1.82) is 0 Å². The molecule has 0 atom stereocenters. The minimum atomic E-state index is -0.670. The number of nitrogens with zero attached hydrogens (tertiary/aromatic N) is 1. The molecule has 0 aliphatic carbocycles. The first-order valence-corrected chi connectivity index (χ1v) is 5.36. The van der Waals surface area contributed by atoms with Crippen molar-refractivity contribution in [3.63, 3.8) is 0 Å². The molecule has 1 rings (SSSR count). The van der Waals surface area contributed by atoms with E-state index in [1.54, 1.807) is 14.1 Å². The van der Waals surface area contributed by atoms with Crippen molar-refractivity contribution in [3.8, 4) is 0 Å². The van der Waals surface area contributed by atoms with Gasteiger partial charge >= 0.3 is 0 Å². The molecule has 0 fully saturated rings. The van der Waals surface area contributed by atoms with E-state index in [9.17, 15) is 14.0 Å². The fourth-order valence-corrected chi connectivity index (χ4v) is 1.26. The van der Waals surface area contributed by atoms with Gasteiger partial charge in [-0.05, 0) is 18.2 Å². The van der Waals surface area contributed by atoms with Crippen LogP contribution in [-0.4, -0.2) is 36.7 Å². The maximum absolute atomic E-state index is 13.5. The van der Waals surface area contributed by atoms with Crippen LogP contribution in [0.1, 0.15) is 10.4 Å². The molecule has 1 N–H and O–H groups in total. The van der Waals surface area contributed by atoms with Gasteiger partial charge in [-0.15, -0.1) is 11.6 Å². The summed E-state index contributed by atoms with van der Waals surface area (Å²) in [6.07, 6.45) is 0. The number of halogens is 2. The molecule has 0 heterocycles. The van der Waals surface area contributed by atoms with E-state index in [-0.39, 0.29) is 23.0 Å². The van der Waals surface area contributed by atoms with Gasteiger partial charge in [-0.25, -0.2) is 4.39 Å². The van der Waals surface area contributed by atoms with Crippen LogP contribution in [0.2, 0.25) is 0 Å². The van der Waals surface area contributed by atoms with Crippen LogP contribution in [0, 0.1) is 5.82 Å². The third-order valence-electron chi connectivity index (χ3n) is 2.02. The van der Waals surface area contributed by atoms with Crippen molar-refractivity contribution in [2.75, 3.05) is 25.3 Å². The smallest absolute Gasteiger partial charge is 0.253 e. The molecule has 0 aromatic heterocycles. The molecule has 1 aromatic carbocycles. The highest BCUT2D eigenvalue weighted by atomic mass is 35.5. The standard InChI is InChI=1S/C11H12ClFN2O2/c1-15(2)11(17)7-3-4-9(8(13)5-7)14-10(16)6-12/h3-5H,6H2,1-2H3,(H,14,16). The lowest BCUT2D eigenvalue weighted by molar-refractivity contribution is -0.113. The minimum Gasteiger partial charge on any atom is -0.345 e. The summed E-state index contributed by atoms with van der Waals surface area (Å²) >= 11 is 5.28. The van der Waals surface area contributed by atoms with E-state index in [2.05, 4.69) is 5.32 Å². The van der Waals surface area contributed by atoms with E-state index < -0.39 is 11.7 Å². The van der Waals surface area contributed by atoms with Crippen LogP contribution in [0.25, 0.3) is 0 Å². The highest BCUT2D eigenvalue weighted by molar-refractivity contribution is 6.29. The molecule has 0 radical (unpaired) electrons. The predicted octanol–water partition coefficient (Wildman–Crippen LogP) is 1.70. The maximum atomic E-state index is 13.5. The molecule has 6 heteroatoms. The van der Waals surface area contributed by atoms with Crippen molar-refractivity contribution in [1.82, 2.24) is 4.90 Å². The van der Waals surface area contributed by atoms with Gasteiger partial charge in [0.1, 0.15) is 11.7 Å². The number of benzene rings is 1. The second-order valence-corrected chi connectivity index (χ2v) is 3.84. The lowest BCUT2D eigenvalue weighted by Crippen LogP contribution is -2.22. The van der Waals surface area contributed by atoms with Crippen LogP contribution in [0.15, 0.2) is 18.2 Å². The van der Waals surface area contributed by atoms with E-state index in [1.807, 2.05) is 0 Å². The van der Waals surface area contributed by atoms with Crippen LogP contribution in [0.3, 0.4) is 0 Å². The third-order valence-corrected chi connectivity index (χ3v) is 2.26. The maximum Gasteiger partial charge on any atom is 0.253 e. The number of carbonyl (C=O) groups excluding carboxylic acids is 2. The first kappa shape index (κ1) is 13.4. The minimum absolute atomic E-state index is 0.00551. The van der Waals surface area contributed by atoms with Gasteiger partial charge in [-0.1, -0.05) is 0 Å². The van der Waals surface area contributed by atoms with E-state index in [0.717, 1.165) is 6.07 Å². The number of amides is 2. The largest absolute Gasteiger partial charge is 0.345 e. The molecule has 0 saturated heterocycles. The first-order valence-electron chi connectivity index (χ1n) is 4.82. The lowest BCUT2D eigenvalue weighted by Gasteiger charge is -2.11. The molecule has 17 heavy (non-hydrogen) atoms. The number of nitrogens with one attached hydrogen (secondary N) is 1. The summed E-state index contributed by atoms with van der Waals surface area (Å²) in [4.78, 5) is 23.9. The topological polar surface area (TPSA) is 49.4 Å². The molecule has 4 nitrogen and oxygen atoms in total. The Kier molecular flexibility index (Phi) is 4.45. The number of hydrogen-bond acceptors (Lipinski definition) is 2. The zero-order valence-electron chi connectivity index (χ0n) is 9.46. The predicted molar refractivity (Wildman–Crippen MR) is 63.8 cm³/mol. The Morgan fingerprint density at radius 3 is 2.53 bits per heavy atom. The van der Waals surface area contributed by atoms with Gasteiger partial charge in [0, 0.05) is 19.7 Å². The zero-order valence-corrected chi connectivity index (χ0v) is 10.2. The number of carbonyl (C=O) groups is 2. The monoisotopic (exact) mass is 258 g/mol. The van der Waals surface area contributed by atoms with Gasteiger partial charge in [0.25, 0.3) is 5.91 Å². The van der Waals surface area contributed by atoms with Crippen LogP contribution in [0.4, 0.5) is 10.1 Å². The van der Waals surface area contributed by atoms with Crippen molar-refractivity contribution in [3.05, 3.63) is 29.6 Å². The molecule has 2 amide bonds. The highest BCUT2D eigenvalue weighted by Gasteiger charge is 2.12. The summed E-state index contributed by atoms with van der Waals surface area (Å²) in [6.45, 7) is 0. The molecule has 0 spiro atoms. The average Bonchev–Trinajstić information content (AvgIpc) is 2.30. The van der Waals surface area contributed by atoms with Crippen LogP contribution < -0.4 is 5.32 Å². The van der Waals surface area contributed by atoms with Crippen molar-refractivity contribution in [2.24, 2.45) is 0 Å². The molecule has 1 aromatic rings. The van der Waals surface area contributed by atoms with Crippen molar-refractivity contribution >= 4 is 29.1 Å². The molecule has 0 aliphatic rings. The first-order chi connectivity index (χ1) is 7.95. The van der Waals surface area contributed by atoms with E-state index in [4.69, 9.17) is 11.6 Å². The van der Waals surface area contributed by atoms with Crippen molar-refractivity contribution in [2.45, 2.75) is 0 Å². The average molecular weight is 259 g/mol. The number of anilines is 1. The summed E-state index contributed by atoms with van der Waals surface area (Å²) < 4.78 is 13.5. The number of rotatable bonds is 3. The normalized spacial score (nSPS) is 9.88. The summed E-state index contributed by atoms with van der Waals surface area (Å²) in [5.41, 5.74) is 0.224. The lowest BCUT2D eigenvalue weighted by atomic mass is 10.1. The van der Waals surface area contributed by atoms with E-state index in [0.29, 0.717) is 0 Å². The Morgan fingerprint density at radius 1 is 1.41 bits per heavy atom. The SMILES string of the molecule is CN(C)C(=O)c1ccc(NC(=O)CCl)c(F)c1. The molecule has 0 unspecified atom stereocenters. The van der Waals surface area contributed by atoms with Crippen molar-refractivity contribution < 1.29 is 14.0 Å². The van der Waals surface area contributed by atoms with Gasteiger partial charge in [0.2, 0.25) is 5.91 Å². The second kappa shape index (κ2) is 5.63. The molecule has 92 valence electrons. The number of hydrogen-bond donors (Lipinski definition) is 1. The Balaban J connectivity index is 2.94. The Hall–Kier alpha value is -1.62. The molecule has 0 saturated carbocycles. The van der Waals surface area contributed by atoms with E-state index >= 15 is 0 Å². The van der Waals surface area contributed by atoms with Gasteiger partial charge < -0.3 is 10.2 Å². The fourth-order valence-electron chi connectivity index (χ4n) is 1.19. The highest BCUT2D eigenvalue weighted by Crippen LogP contribution is 2.16. The van der Waals surface area contributed by atoms with Crippen LogP contribution in [0.5, 0.6) is 0 Å². The third kappa shape index (κ3) is 3.42. The van der Waals surface area contributed by atoms with Gasteiger partial charge in [-0.3, -0.25) is 9.59 Å². The molecular weight excluding hydrogens is 247 g/mol. The zero-order chi connectivity index (χ0) is 13.0. The quantitative estimate of drug-likeness (QED) is 0.839. The fraction of sp³-hybridized carbons (Fsp3) is 0.273. The Morgan fingerprint density at radius 2 is 2.06 bits per heavy atom. The molecular formula is C11H12ClFN2O2.